The second-order valence-electron chi connectivity index (χ2n) is 7.52. The van der Waals surface area contributed by atoms with Crippen molar-refractivity contribution >= 4 is 0 Å². The molecule has 138 valence electrons. The van der Waals surface area contributed by atoms with Gasteiger partial charge in [-0.15, -0.1) is 0 Å². The SMILES string of the molecule is CCCCCCCC(CCCCCCC)N1CC[C@H](N)[C@H](F)C1. The normalized spacial score (nSPS) is 22.8. The molecule has 1 aliphatic heterocycles. The first kappa shape index (κ1) is 20.9. The van der Waals surface area contributed by atoms with Crippen LogP contribution in [-0.4, -0.2) is 36.2 Å². The smallest absolute Gasteiger partial charge is 0.128 e. The number of alkyl halides is 1. The van der Waals surface area contributed by atoms with Crippen molar-refractivity contribution in [3.05, 3.63) is 0 Å². The van der Waals surface area contributed by atoms with Gasteiger partial charge in [0.1, 0.15) is 6.17 Å². The van der Waals surface area contributed by atoms with E-state index in [1.807, 2.05) is 0 Å². The fourth-order valence-electron chi connectivity index (χ4n) is 3.75. The van der Waals surface area contributed by atoms with Crippen LogP contribution in [-0.2, 0) is 0 Å². The van der Waals surface area contributed by atoms with E-state index in [2.05, 4.69) is 18.7 Å². The molecule has 0 aromatic heterocycles. The maximum absolute atomic E-state index is 14.0. The van der Waals surface area contributed by atoms with Gasteiger partial charge in [0.2, 0.25) is 0 Å². The number of halogens is 1. The van der Waals surface area contributed by atoms with E-state index in [0.717, 1.165) is 13.0 Å². The maximum atomic E-state index is 14.0. The van der Waals surface area contributed by atoms with E-state index in [4.69, 9.17) is 5.73 Å². The largest absolute Gasteiger partial charge is 0.325 e. The molecule has 2 nitrogen and oxygen atoms in total. The van der Waals surface area contributed by atoms with Gasteiger partial charge in [-0.05, 0) is 19.3 Å². The first-order valence-corrected chi connectivity index (χ1v) is 10.3. The van der Waals surface area contributed by atoms with Gasteiger partial charge in [-0.2, -0.15) is 0 Å². The number of nitrogens with zero attached hydrogens (tertiary/aromatic N) is 1. The van der Waals surface area contributed by atoms with Crippen LogP contribution < -0.4 is 5.73 Å². The predicted molar refractivity (Wildman–Crippen MR) is 99.6 cm³/mol. The van der Waals surface area contributed by atoms with Crippen molar-refractivity contribution in [3.8, 4) is 0 Å². The van der Waals surface area contributed by atoms with Crippen molar-refractivity contribution in [2.75, 3.05) is 13.1 Å². The number of rotatable bonds is 13. The third kappa shape index (κ3) is 9.05. The molecule has 0 radical (unpaired) electrons. The molecule has 1 aliphatic rings. The summed E-state index contributed by atoms with van der Waals surface area (Å²) in [7, 11) is 0. The second-order valence-corrected chi connectivity index (χ2v) is 7.52. The molecule has 0 aliphatic carbocycles. The molecular formula is C20H41FN2. The highest BCUT2D eigenvalue weighted by molar-refractivity contribution is 4.86. The monoisotopic (exact) mass is 328 g/mol. The van der Waals surface area contributed by atoms with Crippen LogP contribution in [0.3, 0.4) is 0 Å². The van der Waals surface area contributed by atoms with Gasteiger partial charge in [-0.3, -0.25) is 4.90 Å². The van der Waals surface area contributed by atoms with Crippen molar-refractivity contribution in [2.24, 2.45) is 5.73 Å². The van der Waals surface area contributed by atoms with Crippen LogP contribution in [0.2, 0.25) is 0 Å². The van der Waals surface area contributed by atoms with Crippen molar-refractivity contribution in [1.29, 1.82) is 0 Å². The van der Waals surface area contributed by atoms with E-state index in [9.17, 15) is 4.39 Å². The molecule has 1 saturated heterocycles. The number of nitrogens with two attached hydrogens (primary N) is 1. The summed E-state index contributed by atoms with van der Waals surface area (Å²) in [5.41, 5.74) is 5.85. The highest BCUT2D eigenvalue weighted by Gasteiger charge is 2.29. The summed E-state index contributed by atoms with van der Waals surface area (Å²) < 4.78 is 14.0. The van der Waals surface area contributed by atoms with Crippen molar-refractivity contribution < 1.29 is 4.39 Å². The van der Waals surface area contributed by atoms with E-state index < -0.39 is 6.17 Å². The minimum atomic E-state index is -0.827. The highest BCUT2D eigenvalue weighted by Crippen LogP contribution is 2.23. The zero-order valence-electron chi connectivity index (χ0n) is 15.7. The minimum Gasteiger partial charge on any atom is -0.325 e. The number of piperidine rings is 1. The van der Waals surface area contributed by atoms with Gasteiger partial charge in [0.25, 0.3) is 0 Å². The lowest BCUT2D eigenvalue weighted by atomic mass is 9.95. The molecule has 0 unspecified atom stereocenters. The summed E-state index contributed by atoms with van der Waals surface area (Å²) in [6.07, 6.45) is 15.8. The lowest BCUT2D eigenvalue weighted by molar-refractivity contribution is 0.0740. The van der Waals surface area contributed by atoms with E-state index in [0.29, 0.717) is 12.6 Å². The Balaban J connectivity index is 2.34. The highest BCUT2D eigenvalue weighted by atomic mass is 19.1. The Morgan fingerprint density at radius 2 is 1.43 bits per heavy atom. The van der Waals surface area contributed by atoms with Crippen LogP contribution in [0.15, 0.2) is 0 Å². The second kappa shape index (κ2) is 13.2. The summed E-state index contributed by atoms with van der Waals surface area (Å²) >= 11 is 0. The summed E-state index contributed by atoms with van der Waals surface area (Å²) in [5, 5.41) is 0. The molecule has 0 aromatic rings. The minimum absolute atomic E-state index is 0.235. The summed E-state index contributed by atoms with van der Waals surface area (Å²) in [4.78, 5) is 2.41. The van der Waals surface area contributed by atoms with E-state index in [-0.39, 0.29) is 6.04 Å². The van der Waals surface area contributed by atoms with Crippen molar-refractivity contribution in [1.82, 2.24) is 4.90 Å². The van der Waals surface area contributed by atoms with Gasteiger partial charge >= 0.3 is 0 Å². The van der Waals surface area contributed by atoms with Crippen LogP contribution >= 0.6 is 0 Å². The standard InChI is InChI=1S/C20H41FN2/c1-3-5-7-9-11-13-18(14-12-10-8-6-4-2)23-16-15-20(22)19(21)17-23/h18-20H,3-17,22H2,1-2H3/t19-,20+/m1/s1. The Morgan fingerprint density at radius 1 is 0.913 bits per heavy atom. The average molecular weight is 329 g/mol. The van der Waals surface area contributed by atoms with Crippen LogP contribution in [0.1, 0.15) is 97.3 Å². The van der Waals surface area contributed by atoms with Crippen LogP contribution in [0.25, 0.3) is 0 Å². The average Bonchev–Trinajstić information content (AvgIpc) is 2.55. The molecule has 0 aromatic carbocycles. The van der Waals surface area contributed by atoms with Gasteiger partial charge in [0, 0.05) is 25.2 Å². The Kier molecular flexibility index (Phi) is 12.0. The summed E-state index contributed by atoms with van der Waals surface area (Å²) in [5.74, 6) is 0. The third-order valence-corrected chi connectivity index (χ3v) is 5.42. The van der Waals surface area contributed by atoms with Crippen LogP contribution in [0.5, 0.6) is 0 Å². The Labute approximate surface area is 144 Å². The molecule has 23 heavy (non-hydrogen) atoms. The fraction of sp³-hybridized carbons (Fsp3) is 1.00. The van der Waals surface area contributed by atoms with Crippen molar-refractivity contribution in [2.45, 2.75) is 116 Å². The first-order valence-electron chi connectivity index (χ1n) is 10.3. The summed E-state index contributed by atoms with van der Waals surface area (Å²) in [6, 6.07) is 0.352. The molecule has 2 N–H and O–H groups in total. The zero-order chi connectivity index (χ0) is 16.9. The topological polar surface area (TPSA) is 29.3 Å². The fourth-order valence-corrected chi connectivity index (χ4v) is 3.75. The van der Waals surface area contributed by atoms with Gasteiger partial charge in [-0.1, -0.05) is 78.1 Å². The molecule has 0 amide bonds. The molecule has 3 heteroatoms. The molecular weight excluding hydrogens is 287 g/mol. The third-order valence-electron chi connectivity index (χ3n) is 5.42. The molecule has 1 fully saturated rings. The summed E-state index contributed by atoms with van der Waals surface area (Å²) in [6.45, 7) is 6.08. The lowest BCUT2D eigenvalue weighted by Gasteiger charge is -2.38. The first-order chi connectivity index (χ1) is 11.2. The Bertz CT molecular complexity index is 258. The predicted octanol–water partition coefficient (Wildman–Crippen LogP) is 5.45. The molecule has 2 atom stereocenters. The molecule has 1 rings (SSSR count). The van der Waals surface area contributed by atoms with Gasteiger partial charge in [0.15, 0.2) is 0 Å². The van der Waals surface area contributed by atoms with Crippen molar-refractivity contribution in [3.63, 3.8) is 0 Å². The number of unbranched alkanes of at least 4 members (excludes halogenated alkanes) is 8. The number of hydrogen-bond donors (Lipinski definition) is 1. The molecule has 0 spiro atoms. The molecule has 0 bridgehead atoms. The Morgan fingerprint density at radius 3 is 1.91 bits per heavy atom. The quantitative estimate of drug-likeness (QED) is 0.456. The van der Waals surface area contributed by atoms with E-state index >= 15 is 0 Å². The van der Waals surface area contributed by atoms with Gasteiger partial charge < -0.3 is 5.73 Å². The molecule has 1 heterocycles. The zero-order valence-corrected chi connectivity index (χ0v) is 15.7. The molecule has 0 saturated carbocycles. The maximum Gasteiger partial charge on any atom is 0.128 e. The number of hydrogen-bond acceptors (Lipinski definition) is 2. The van der Waals surface area contributed by atoms with Crippen LogP contribution in [0, 0.1) is 0 Å². The number of likely N-dealkylation sites (tertiary alicyclic amines) is 1. The van der Waals surface area contributed by atoms with Crippen LogP contribution in [0.4, 0.5) is 4.39 Å². The van der Waals surface area contributed by atoms with Gasteiger partial charge in [0.05, 0.1) is 0 Å². The van der Waals surface area contributed by atoms with E-state index in [1.165, 1.54) is 77.0 Å². The Hall–Kier alpha value is -0.150. The van der Waals surface area contributed by atoms with Gasteiger partial charge in [-0.25, -0.2) is 4.39 Å². The van der Waals surface area contributed by atoms with E-state index in [1.54, 1.807) is 0 Å². The lowest BCUT2D eigenvalue weighted by Crippen LogP contribution is -2.51.